The zero-order chi connectivity index (χ0) is 18.4. The molecule has 1 aromatic carbocycles. The summed E-state index contributed by atoms with van der Waals surface area (Å²) in [5.41, 5.74) is 7.03. The Morgan fingerprint density at radius 3 is 2.32 bits per heavy atom. The molecular weight excluding hydrogens is 340 g/mol. The molecule has 2 rings (SSSR count). The molecule has 2 N–H and O–H groups in total. The maximum Gasteiger partial charge on any atom is 0.250 e. The van der Waals surface area contributed by atoms with Crippen LogP contribution in [0.1, 0.15) is 17.5 Å². The highest BCUT2D eigenvalue weighted by atomic mass is 32.2. The summed E-state index contributed by atoms with van der Waals surface area (Å²) in [6.07, 6.45) is 4.16. The van der Waals surface area contributed by atoms with E-state index in [9.17, 15) is 18.0 Å². The van der Waals surface area contributed by atoms with Crippen LogP contribution < -0.4 is 11.3 Å². The average molecular weight is 362 g/mol. The van der Waals surface area contributed by atoms with Gasteiger partial charge < -0.3 is 10.3 Å². The normalized spacial score (nSPS) is 12.7. The van der Waals surface area contributed by atoms with Crippen molar-refractivity contribution in [2.45, 2.75) is 31.1 Å². The van der Waals surface area contributed by atoms with E-state index in [0.29, 0.717) is 0 Å². The number of nitrogens with zero attached hydrogens (tertiary/aromatic N) is 1. The Bertz CT molecular complexity index is 889. The minimum Gasteiger partial charge on any atom is -0.369 e. The van der Waals surface area contributed by atoms with E-state index in [1.165, 1.54) is 10.1 Å². The molecule has 0 spiro atoms. The molecule has 0 aliphatic heterocycles. The molecule has 1 heterocycles. The van der Waals surface area contributed by atoms with E-state index in [1.807, 2.05) is 36.4 Å². The second-order valence-corrected chi connectivity index (χ2v) is 8.29. The van der Waals surface area contributed by atoms with E-state index in [1.54, 1.807) is 12.3 Å². The summed E-state index contributed by atoms with van der Waals surface area (Å²) in [7, 11) is -3.58. The molecule has 1 unspecified atom stereocenters. The first-order valence-corrected chi connectivity index (χ1v) is 9.94. The van der Waals surface area contributed by atoms with Gasteiger partial charge in [-0.05, 0) is 36.5 Å². The van der Waals surface area contributed by atoms with Crippen LogP contribution >= 0.6 is 0 Å². The summed E-state index contributed by atoms with van der Waals surface area (Å²) >= 11 is 0. The van der Waals surface area contributed by atoms with E-state index in [2.05, 4.69) is 0 Å². The fourth-order valence-corrected chi connectivity index (χ4v) is 3.60. The Balaban J connectivity index is 2.02. The highest BCUT2D eigenvalue weighted by molar-refractivity contribution is 7.92. The van der Waals surface area contributed by atoms with Gasteiger partial charge >= 0.3 is 0 Å². The highest BCUT2D eigenvalue weighted by Gasteiger charge is 2.26. The van der Waals surface area contributed by atoms with Crippen LogP contribution in [0.2, 0.25) is 0 Å². The van der Waals surface area contributed by atoms with Gasteiger partial charge in [-0.1, -0.05) is 30.3 Å². The third-order valence-corrected chi connectivity index (χ3v) is 5.57. The van der Waals surface area contributed by atoms with Crippen molar-refractivity contribution >= 4 is 15.7 Å². The molecular formula is C18H22N2O4S. The lowest BCUT2D eigenvalue weighted by Gasteiger charge is -2.12. The maximum atomic E-state index is 12.2. The Hall–Kier alpha value is -2.41. The first-order chi connectivity index (χ1) is 11.8. The summed E-state index contributed by atoms with van der Waals surface area (Å²) in [5, 5.41) is -1.28. The van der Waals surface area contributed by atoms with E-state index in [0.717, 1.165) is 24.7 Å². The number of carbonyl (C=O) groups excluding carboxylic acids is 1. The van der Waals surface area contributed by atoms with Crippen molar-refractivity contribution in [1.82, 2.24) is 4.57 Å². The molecule has 0 bridgehead atoms. The third-order valence-electron chi connectivity index (χ3n) is 4.07. The average Bonchev–Trinajstić information content (AvgIpc) is 2.54. The molecule has 6 nitrogen and oxygen atoms in total. The molecule has 7 heteroatoms. The molecule has 2 aromatic rings. The van der Waals surface area contributed by atoms with Crippen LogP contribution in [0.5, 0.6) is 0 Å². The van der Waals surface area contributed by atoms with Crippen molar-refractivity contribution in [3.8, 4) is 0 Å². The van der Waals surface area contributed by atoms with Crippen LogP contribution in [-0.2, 0) is 34.0 Å². The molecule has 0 saturated carbocycles. The smallest absolute Gasteiger partial charge is 0.250 e. The molecule has 0 radical (unpaired) electrons. The molecule has 0 saturated heterocycles. The number of aryl methyl sites for hydroxylation is 3. The van der Waals surface area contributed by atoms with Crippen molar-refractivity contribution in [1.29, 1.82) is 0 Å². The number of hydrogen-bond acceptors (Lipinski definition) is 4. The van der Waals surface area contributed by atoms with E-state index in [-0.39, 0.29) is 18.5 Å². The van der Waals surface area contributed by atoms with Gasteiger partial charge in [0.1, 0.15) is 5.25 Å². The molecule has 0 fully saturated rings. The third kappa shape index (κ3) is 5.56. The summed E-state index contributed by atoms with van der Waals surface area (Å²) in [6.45, 7) is 0.123. The van der Waals surface area contributed by atoms with Gasteiger partial charge in [0.25, 0.3) is 5.56 Å². The van der Waals surface area contributed by atoms with Gasteiger partial charge in [-0.25, -0.2) is 8.42 Å². The number of rotatable bonds is 8. The predicted molar refractivity (Wildman–Crippen MR) is 97.0 cm³/mol. The van der Waals surface area contributed by atoms with Gasteiger partial charge in [0.15, 0.2) is 9.84 Å². The first kappa shape index (κ1) is 18.9. The quantitative estimate of drug-likeness (QED) is 0.755. The summed E-state index contributed by atoms with van der Waals surface area (Å²) in [5.74, 6) is -0.893. The highest BCUT2D eigenvalue weighted by Crippen LogP contribution is 2.08. The predicted octanol–water partition coefficient (Wildman–Crippen LogP) is 0.922. The van der Waals surface area contributed by atoms with Gasteiger partial charge in [-0.3, -0.25) is 9.59 Å². The van der Waals surface area contributed by atoms with Crippen molar-refractivity contribution in [2.24, 2.45) is 5.73 Å². The van der Waals surface area contributed by atoms with Crippen LogP contribution in [0.3, 0.4) is 0 Å². The molecule has 0 aliphatic rings. The van der Waals surface area contributed by atoms with Gasteiger partial charge in [0, 0.05) is 25.1 Å². The lowest BCUT2D eigenvalue weighted by molar-refractivity contribution is -0.117. The van der Waals surface area contributed by atoms with Crippen LogP contribution in [0.15, 0.2) is 53.5 Å². The van der Waals surface area contributed by atoms with E-state index < -0.39 is 21.0 Å². The molecule has 1 amide bonds. The van der Waals surface area contributed by atoms with Crippen LogP contribution in [0.4, 0.5) is 0 Å². The second-order valence-electron chi connectivity index (χ2n) is 6.06. The van der Waals surface area contributed by atoms with Crippen molar-refractivity contribution in [3.63, 3.8) is 0 Å². The van der Waals surface area contributed by atoms with Crippen LogP contribution in [0, 0.1) is 0 Å². The zero-order valence-electron chi connectivity index (χ0n) is 14.1. The number of pyridine rings is 1. The molecule has 1 atom stereocenters. The lowest BCUT2D eigenvalue weighted by Crippen LogP contribution is -2.37. The number of aromatic nitrogens is 1. The minimum absolute atomic E-state index is 0.0164. The Morgan fingerprint density at radius 1 is 1.12 bits per heavy atom. The van der Waals surface area contributed by atoms with Crippen LogP contribution in [0.25, 0.3) is 0 Å². The standard InChI is InChI=1S/C18H22N2O4S/c1-25(23,24)16(18(19)22)10-12-20-11-9-15(13-17(20)21)8-7-14-5-3-2-4-6-14/h2-6,9,11,13,16H,7-8,10,12H2,1H3,(H2,19,22). The largest absolute Gasteiger partial charge is 0.369 e. The molecule has 1 aromatic heterocycles. The number of nitrogens with two attached hydrogens (primary N) is 1. The Labute approximate surface area is 147 Å². The summed E-state index contributed by atoms with van der Waals surface area (Å²) in [6, 6.07) is 13.4. The fraction of sp³-hybridized carbons (Fsp3) is 0.333. The molecule has 25 heavy (non-hydrogen) atoms. The van der Waals surface area contributed by atoms with Crippen molar-refractivity contribution in [3.05, 3.63) is 70.1 Å². The van der Waals surface area contributed by atoms with E-state index in [4.69, 9.17) is 5.73 Å². The summed E-state index contributed by atoms with van der Waals surface area (Å²) < 4.78 is 24.5. The minimum atomic E-state index is -3.58. The fourth-order valence-electron chi connectivity index (χ4n) is 2.65. The number of amides is 1. The monoisotopic (exact) mass is 362 g/mol. The van der Waals surface area contributed by atoms with Gasteiger partial charge in [-0.15, -0.1) is 0 Å². The number of benzene rings is 1. The molecule has 134 valence electrons. The van der Waals surface area contributed by atoms with Gasteiger partial charge in [0.2, 0.25) is 5.91 Å². The SMILES string of the molecule is CS(=O)(=O)C(CCn1ccc(CCc2ccccc2)cc1=O)C(N)=O. The van der Waals surface area contributed by atoms with E-state index >= 15 is 0 Å². The maximum absolute atomic E-state index is 12.2. The van der Waals surface area contributed by atoms with Gasteiger partial charge in [-0.2, -0.15) is 0 Å². The number of hydrogen-bond donors (Lipinski definition) is 1. The lowest BCUT2D eigenvalue weighted by atomic mass is 10.1. The Kier molecular flexibility index (Phi) is 6.14. The number of carbonyl (C=O) groups is 1. The zero-order valence-corrected chi connectivity index (χ0v) is 14.9. The number of sulfone groups is 1. The van der Waals surface area contributed by atoms with Crippen molar-refractivity contribution < 1.29 is 13.2 Å². The summed E-state index contributed by atoms with van der Waals surface area (Å²) in [4.78, 5) is 23.5. The topological polar surface area (TPSA) is 99.2 Å². The first-order valence-electron chi connectivity index (χ1n) is 7.99. The van der Waals surface area contributed by atoms with Crippen molar-refractivity contribution in [2.75, 3.05) is 6.26 Å². The molecule has 0 aliphatic carbocycles. The number of primary amides is 1. The van der Waals surface area contributed by atoms with Crippen LogP contribution in [-0.4, -0.2) is 30.4 Å². The van der Waals surface area contributed by atoms with Gasteiger partial charge in [0.05, 0.1) is 0 Å². The second kappa shape index (κ2) is 8.11. The Morgan fingerprint density at radius 2 is 1.76 bits per heavy atom.